The first-order valence-corrected chi connectivity index (χ1v) is 7.66. The van der Waals surface area contributed by atoms with Gasteiger partial charge in [-0.3, -0.25) is 4.57 Å². The van der Waals surface area contributed by atoms with Crippen molar-refractivity contribution < 1.29 is 20.1 Å². The van der Waals surface area contributed by atoms with Gasteiger partial charge in [-0.15, -0.1) is 6.42 Å². The molecule has 2 fully saturated rings. The van der Waals surface area contributed by atoms with Crippen LogP contribution in [0.2, 0.25) is 0 Å². The van der Waals surface area contributed by atoms with E-state index in [0.29, 0.717) is 23.0 Å². The fourth-order valence-corrected chi connectivity index (χ4v) is 2.87. The number of fused-ring (bicyclic) bond motifs is 1. The summed E-state index contributed by atoms with van der Waals surface area (Å²) >= 11 is 0. The Morgan fingerprint density at radius 2 is 2.17 bits per heavy atom. The van der Waals surface area contributed by atoms with Gasteiger partial charge in [0.15, 0.2) is 28.8 Å². The molecule has 0 aromatic carbocycles. The first-order valence-electron chi connectivity index (χ1n) is 7.66. The predicted octanol–water partition coefficient (Wildman–Crippen LogP) is -0.985. The topological polar surface area (TPSA) is 126 Å². The number of nitrogens with zero attached hydrogens (tertiary/aromatic N) is 4. The van der Waals surface area contributed by atoms with Crippen LogP contribution in [0.15, 0.2) is 12.7 Å². The summed E-state index contributed by atoms with van der Waals surface area (Å²) in [6.07, 6.45) is 6.61. The zero-order chi connectivity index (χ0) is 16.9. The van der Waals surface area contributed by atoms with Crippen LogP contribution in [0.3, 0.4) is 0 Å². The largest absolute Gasteiger partial charge is 0.392 e. The summed E-state index contributed by atoms with van der Waals surface area (Å²) in [7, 11) is 0. The molecular weight excluding hydrogens is 314 g/mol. The Morgan fingerprint density at radius 3 is 2.79 bits per heavy atom. The summed E-state index contributed by atoms with van der Waals surface area (Å²) in [5.41, 5.74) is -0.685. The van der Waals surface area contributed by atoms with Crippen molar-refractivity contribution in [3.8, 4) is 12.3 Å². The van der Waals surface area contributed by atoms with E-state index in [1.807, 2.05) is 0 Å². The number of ether oxygens (including phenoxy) is 1. The third-order valence-corrected chi connectivity index (χ3v) is 4.45. The Hall–Kier alpha value is -2.25. The molecule has 9 heteroatoms. The lowest BCUT2D eigenvalue weighted by Gasteiger charge is -2.23. The van der Waals surface area contributed by atoms with Crippen LogP contribution >= 0.6 is 0 Å². The van der Waals surface area contributed by atoms with Gasteiger partial charge in [-0.25, -0.2) is 15.0 Å². The summed E-state index contributed by atoms with van der Waals surface area (Å²) in [4.78, 5) is 12.7. The number of aromatic nitrogens is 4. The molecule has 2 aliphatic rings. The maximum absolute atomic E-state index is 10.3. The van der Waals surface area contributed by atoms with Crippen molar-refractivity contribution in [3.05, 3.63) is 12.7 Å². The van der Waals surface area contributed by atoms with Crippen molar-refractivity contribution in [2.75, 3.05) is 11.9 Å². The van der Waals surface area contributed by atoms with Crippen molar-refractivity contribution in [2.45, 2.75) is 42.9 Å². The molecule has 0 amide bonds. The number of hydrogen-bond donors (Lipinski definition) is 4. The second kappa shape index (κ2) is 5.39. The maximum Gasteiger partial charge on any atom is 0.182 e. The van der Waals surface area contributed by atoms with E-state index in [2.05, 4.69) is 26.2 Å². The molecule has 2 aromatic rings. The lowest BCUT2D eigenvalue weighted by atomic mass is 9.97. The van der Waals surface area contributed by atoms with E-state index in [-0.39, 0.29) is 0 Å². The molecule has 3 heterocycles. The van der Waals surface area contributed by atoms with E-state index in [4.69, 9.17) is 11.2 Å². The van der Waals surface area contributed by atoms with Gasteiger partial charge in [-0.1, -0.05) is 5.92 Å². The number of rotatable bonds is 4. The SMILES string of the molecule is C#C[C@]1(CO)O[C@@H](n2cnc3c(NC4CC4)ncnc32)C(O)C1O. The van der Waals surface area contributed by atoms with Crippen LogP contribution < -0.4 is 5.32 Å². The standard InChI is InChI=1S/C15H17N5O4/c1-2-15(5-21)11(23)10(22)14(24-15)20-7-18-9-12(19-8-3-4-8)16-6-17-13(9)20/h1,6-8,10-11,14,21-23H,3-5H2,(H,16,17,19)/t10?,11?,14-,15-/m1/s1. The van der Waals surface area contributed by atoms with Crippen molar-refractivity contribution in [1.82, 2.24) is 19.5 Å². The molecule has 1 aliphatic carbocycles. The molecule has 1 saturated heterocycles. The molecule has 0 spiro atoms. The molecule has 126 valence electrons. The van der Waals surface area contributed by atoms with Crippen LogP contribution in [0.1, 0.15) is 19.1 Å². The van der Waals surface area contributed by atoms with E-state index in [1.54, 1.807) is 0 Å². The van der Waals surface area contributed by atoms with Gasteiger partial charge in [0.25, 0.3) is 0 Å². The molecule has 4 N–H and O–H groups in total. The van der Waals surface area contributed by atoms with E-state index in [9.17, 15) is 15.3 Å². The average molecular weight is 331 g/mol. The Bertz CT molecular complexity index is 814. The first kappa shape index (κ1) is 15.3. The Labute approximate surface area is 137 Å². The summed E-state index contributed by atoms with van der Waals surface area (Å²) < 4.78 is 7.10. The Morgan fingerprint density at radius 1 is 1.38 bits per heavy atom. The van der Waals surface area contributed by atoms with Crippen molar-refractivity contribution >= 4 is 17.0 Å². The minimum atomic E-state index is -1.66. The normalized spacial score (nSPS) is 32.8. The monoisotopic (exact) mass is 331 g/mol. The van der Waals surface area contributed by atoms with Crippen LogP contribution in [-0.4, -0.2) is 65.3 Å². The first-order chi connectivity index (χ1) is 11.6. The summed E-state index contributed by atoms with van der Waals surface area (Å²) in [6, 6.07) is 0.395. The van der Waals surface area contributed by atoms with E-state index in [0.717, 1.165) is 12.8 Å². The van der Waals surface area contributed by atoms with Crippen molar-refractivity contribution in [2.24, 2.45) is 0 Å². The predicted molar refractivity (Wildman–Crippen MR) is 82.8 cm³/mol. The Kier molecular flexibility index (Phi) is 3.43. The zero-order valence-electron chi connectivity index (χ0n) is 12.7. The Balaban J connectivity index is 1.73. The van der Waals surface area contributed by atoms with Crippen LogP contribution in [0.25, 0.3) is 11.2 Å². The van der Waals surface area contributed by atoms with Crippen LogP contribution in [0.4, 0.5) is 5.82 Å². The minimum absolute atomic E-state index is 0.395. The lowest BCUT2D eigenvalue weighted by molar-refractivity contribution is -0.0911. The summed E-state index contributed by atoms with van der Waals surface area (Å²) in [5, 5.41) is 33.3. The molecule has 2 aromatic heterocycles. The smallest absolute Gasteiger partial charge is 0.182 e. The van der Waals surface area contributed by atoms with Crippen molar-refractivity contribution in [3.63, 3.8) is 0 Å². The molecule has 9 nitrogen and oxygen atoms in total. The van der Waals surface area contributed by atoms with E-state index >= 15 is 0 Å². The number of imidazole rings is 1. The molecule has 0 radical (unpaired) electrons. The molecule has 24 heavy (non-hydrogen) atoms. The number of aliphatic hydroxyl groups excluding tert-OH is 3. The maximum atomic E-state index is 10.3. The van der Waals surface area contributed by atoms with Gasteiger partial charge in [0, 0.05) is 6.04 Å². The van der Waals surface area contributed by atoms with Crippen LogP contribution in [-0.2, 0) is 4.74 Å². The quantitative estimate of drug-likeness (QED) is 0.527. The highest BCUT2D eigenvalue weighted by Crippen LogP contribution is 2.38. The van der Waals surface area contributed by atoms with Crippen LogP contribution in [0.5, 0.6) is 0 Å². The van der Waals surface area contributed by atoms with Crippen LogP contribution in [0, 0.1) is 12.3 Å². The third-order valence-electron chi connectivity index (χ3n) is 4.45. The van der Waals surface area contributed by atoms with Gasteiger partial charge >= 0.3 is 0 Å². The second-order valence-corrected chi connectivity index (χ2v) is 6.10. The highest BCUT2D eigenvalue weighted by atomic mass is 16.6. The fraction of sp³-hybridized carbons (Fsp3) is 0.533. The van der Waals surface area contributed by atoms with Gasteiger partial charge in [-0.05, 0) is 12.8 Å². The second-order valence-electron chi connectivity index (χ2n) is 6.10. The summed E-state index contributed by atoms with van der Waals surface area (Å²) in [5.74, 6) is 2.84. The van der Waals surface area contributed by atoms with Gasteiger partial charge in [-0.2, -0.15) is 0 Å². The molecule has 1 saturated carbocycles. The highest BCUT2D eigenvalue weighted by Gasteiger charge is 2.54. The molecule has 2 unspecified atom stereocenters. The lowest BCUT2D eigenvalue weighted by Crippen LogP contribution is -2.44. The number of terminal acetylenes is 1. The molecule has 0 bridgehead atoms. The zero-order valence-corrected chi connectivity index (χ0v) is 12.7. The summed E-state index contributed by atoms with van der Waals surface area (Å²) in [6.45, 7) is -0.617. The van der Waals surface area contributed by atoms with Gasteiger partial charge in [0.2, 0.25) is 0 Å². The molecule has 1 aliphatic heterocycles. The fourth-order valence-electron chi connectivity index (χ4n) is 2.87. The molecular formula is C15H17N5O4. The number of aliphatic hydroxyl groups is 3. The number of anilines is 1. The third kappa shape index (κ3) is 2.16. The van der Waals surface area contributed by atoms with E-state index in [1.165, 1.54) is 17.2 Å². The van der Waals surface area contributed by atoms with Gasteiger partial charge in [0.1, 0.15) is 18.5 Å². The minimum Gasteiger partial charge on any atom is -0.392 e. The average Bonchev–Trinajstić information content (AvgIpc) is 3.25. The van der Waals surface area contributed by atoms with Gasteiger partial charge in [0.05, 0.1) is 12.9 Å². The number of hydrogen-bond acceptors (Lipinski definition) is 8. The van der Waals surface area contributed by atoms with Crippen molar-refractivity contribution in [1.29, 1.82) is 0 Å². The highest BCUT2D eigenvalue weighted by molar-refractivity contribution is 5.83. The van der Waals surface area contributed by atoms with E-state index < -0.39 is 30.6 Å². The molecule has 4 rings (SSSR count). The van der Waals surface area contributed by atoms with Gasteiger partial charge < -0.3 is 25.4 Å². The molecule has 4 atom stereocenters. The number of nitrogens with one attached hydrogen (secondary N) is 1.